The second-order valence-electron chi connectivity index (χ2n) is 4.22. The number of carbonyl (C=O) groups excluding carboxylic acids is 1. The summed E-state index contributed by atoms with van der Waals surface area (Å²) in [5.74, 6) is -0.277. The van der Waals surface area contributed by atoms with Crippen LogP contribution in [0.3, 0.4) is 0 Å². The van der Waals surface area contributed by atoms with Crippen LogP contribution >= 0.6 is 46.4 Å². The SMILES string of the molecule is CCc1ccc(C(=O)c2c(Cl)cc(Cl)c(Cl)c2Cl)cc1. The molecule has 0 N–H and O–H groups in total. The Kier molecular flexibility index (Phi) is 4.98. The lowest BCUT2D eigenvalue weighted by molar-refractivity contribution is 0.103. The highest BCUT2D eigenvalue weighted by Crippen LogP contribution is 2.38. The molecule has 20 heavy (non-hydrogen) atoms. The number of benzene rings is 2. The lowest BCUT2D eigenvalue weighted by atomic mass is 10.0. The summed E-state index contributed by atoms with van der Waals surface area (Å²) < 4.78 is 0. The van der Waals surface area contributed by atoms with Gasteiger partial charge in [-0.15, -0.1) is 0 Å². The zero-order chi connectivity index (χ0) is 14.9. The molecule has 0 bridgehead atoms. The molecule has 2 aromatic carbocycles. The molecule has 0 saturated carbocycles. The number of rotatable bonds is 3. The van der Waals surface area contributed by atoms with Crippen molar-refractivity contribution >= 4 is 52.2 Å². The minimum absolute atomic E-state index is 0.0775. The van der Waals surface area contributed by atoms with Crippen molar-refractivity contribution in [2.75, 3.05) is 0 Å². The molecule has 0 unspecified atom stereocenters. The van der Waals surface area contributed by atoms with E-state index in [1.165, 1.54) is 6.07 Å². The van der Waals surface area contributed by atoms with E-state index in [2.05, 4.69) is 0 Å². The van der Waals surface area contributed by atoms with Crippen LogP contribution in [0.4, 0.5) is 0 Å². The summed E-state index contributed by atoms with van der Waals surface area (Å²) in [5.41, 5.74) is 1.82. The standard InChI is InChI=1S/C15H10Cl4O/c1-2-8-3-5-9(6-4-8)15(20)12-10(16)7-11(17)13(18)14(12)19/h3-7H,2H2,1H3. The molecule has 2 aromatic rings. The first-order valence-electron chi connectivity index (χ1n) is 5.92. The van der Waals surface area contributed by atoms with Gasteiger partial charge in [-0.1, -0.05) is 77.6 Å². The van der Waals surface area contributed by atoms with Crippen LogP contribution in [-0.2, 0) is 6.42 Å². The van der Waals surface area contributed by atoms with Crippen molar-refractivity contribution in [3.05, 3.63) is 67.1 Å². The normalized spacial score (nSPS) is 10.7. The van der Waals surface area contributed by atoms with Gasteiger partial charge < -0.3 is 0 Å². The highest BCUT2D eigenvalue weighted by atomic mass is 35.5. The van der Waals surface area contributed by atoms with Crippen LogP contribution in [0.25, 0.3) is 0 Å². The molecule has 0 spiro atoms. The summed E-state index contributed by atoms with van der Waals surface area (Å²) in [4.78, 5) is 12.5. The smallest absolute Gasteiger partial charge is 0.196 e. The van der Waals surface area contributed by atoms with Crippen molar-refractivity contribution in [1.29, 1.82) is 0 Å². The zero-order valence-corrected chi connectivity index (χ0v) is 13.5. The largest absolute Gasteiger partial charge is 0.288 e. The maximum absolute atomic E-state index is 12.5. The molecule has 0 saturated heterocycles. The number of carbonyl (C=O) groups is 1. The topological polar surface area (TPSA) is 17.1 Å². The van der Waals surface area contributed by atoms with Gasteiger partial charge in [0.15, 0.2) is 5.78 Å². The van der Waals surface area contributed by atoms with E-state index in [1.807, 2.05) is 19.1 Å². The predicted octanol–water partition coefficient (Wildman–Crippen LogP) is 6.09. The molecule has 0 heterocycles. The Balaban J connectivity index is 2.50. The predicted molar refractivity (Wildman–Crippen MR) is 85.7 cm³/mol. The van der Waals surface area contributed by atoms with E-state index < -0.39 is 0 Å². The Morgan fingerprint density at radius 1 is 0.950 bits per heavy atom. The third-order valence-corrected chi connectivity index (χ3v) is 4.53. The first-order chi connectivity index (χ1) is 9.45. The molecular formula is C15H10Cl4O. The molecule has 0 atom stereocenters. The van der Waals surface area contributed by atoms with Crippen molar-refractivity contribution in [2.45, 2.75) is 13.3 Å². The van der Waals surface area contributed by atoms with Crippen molar-refractivity contribution in [3.8, 4) is 0 Å². The number of hydrogen-bond acceptors (Lipinski definition) is 1. The fourth-order valence-electron chi connectivity index (χ4n) is 1.81. The summed E-state index contributed by atoms with van der Waals surface area (Å²) in [6, 6.07) is 8.71. The maximum Gasteiger partial charge on any atom is 0.196 e. The highest BCUT2D eigenvalue weighted by Gasteiger charge is 2.21. The van der Waals surface area contributed by atoms with Crippen LogP contribution < -0.4 is 0 Å². The van der Waals surface area contributed by atoms with Crippen LogP contribution in [0, 0.1) is 0 Å². The molecule has 0 aromatic heterocycles. The molecule has 104 valence electrons. The van der Waals surface area contributed by atoms with Gasteiger partial charge in [-0.25, -0.2) is 0 Å². The van der Waals surface area contributed by atoms with Crippen molar-refractivity contribution in [2.24, 2.45) is 0 Å². The summed E-state index contributed by atoms with van der Waals surface area (Å²) in [7, 11) is 0. The van der Waals surface area contributed by atoms with Crippen LogP contribution in [0.15, 0.2) is 30.3 Å². The molecule has 0 aliphatic rings. The van der Waals surface area contributed by atoms with Crippen LogP contribution in [0.5, 0.6) is 0 Å². The Morgan fingerprint density at radius 3 is 2.10 bits per heavy atom. The Morgan fingerprint density at radius 2 is 1.55 bits per heavy atom. The average Bonchev–Trinajstić information content (AvgIpc) is 2.45. The quantitative estimate of drug-likeness (QED) is 0.372. The van der Waals surface area contributed by atoms with Gasteiger partial charge in [0.05, 0.1) is 25.7 Å². The van der Waals surface area contributed by atoms with Crippen LogP contribution in [-0.4, -0.2) is 5.78 Å². The van der Waals surface area contributed by atoms with Gasteiger partial charge in [-0.2, -0.15) is 0 Å². The summed E-state index contributed by atoms with van der Waals surface area (Å²) in [6.07, 6.45) is 0.906. The van der Waals surface area contributed by atoms with Gasteiger partial charge in [0.2, 0.25) is 0 Å². The fraction of sp³-hybridized carbons (Fsp3) is 0.133. The highest BCUT2D eigenvalue weighted by molar-refractivity contribution is 6.51. The molecule has 0 amide bonds. The average molecular weight is 348 g/mol. The summed E-state index contributed by atoms with van der Waals surface area (Å²) in [6.45, 7) is 2.05. The zero-order valence-electron chi connectivity index (χ0n) is 10.5. The molecular weight excluding hydrogens is 338 g/mol. The summed E-state index contributed by atoms with van der Waals surface area (Å²) in [5, 5.41) is 0.619. The monoisotopic (exact) mass is 346 g/mol. The number of halogens is 4. The molecule has 0 fully saturated rings. The van der Waals surface area contributed by atoms with Crippen LogP contribution in [0.2, 0.25) is 20.1 Å². The maximum atomic E-state index is 12.5. The molecule has 2 rings (SSSR count). The second kappa shape index (κ2) is 6.36. The molecule has 5 heteroatoms. The Labute approximate surface area is 137 Å². The van der Waals surface area contributed by atoms with E-state index in [9.17, 15) is 4.79 Å². The van der Waals surface area contributed by atoms with E-state index in [-0.39, 0.29) is 31.4 Å². The Hall–Kier alpha value is -0.730. The first-order valence-corrected chi connectivity index (χ1v) is 7.43. The van der Waals surface area contributed by atoms with Gasteiger partial charge in [0, 0.05) is 5.56 Å². The third-order valence-electron chi connectivity index (χ3n) is 2.97. The van der Waals surface area contributed by atoms with E-state index in [0.717, 1.165) is 12.0 Å². The van der Waals surface area contributed by atoms with E-state index in [4.69, 9.17) is 46.4 Å². The molecule has 1 nitrogen and oxygen atoms in total. The van der Waals surface area contributed by atoms with Gasteiger partial charge in [-0.05, 0) is 18.1 Å². The number of aryl methyl sites for hydroxylation is 1. The third kappa shape index (κ3) is 2.96. The summed E-state index contributed by atoms with van der Waals surface area (Å²) >= 11 is 24.0. The lowest BCUT2D eigenvalue weighted by Gasteiger charge is -2.09. The number of hydrogen-bond donors (Lipinski definition) is 0. The van der Waals surface area contributed by atoms with Gasteiger partial charge in [-0.3, -0.25) is 4.79 Å². The molecule has 0 radical (unpaired) electrons. The second-order valence-corrected chi connectivity index (χ2v) is 5.79. The van der Waals surface area contributed by atoms with E-state index >= 15 is 0 Å². The van der Waals surface area contributed by atoms with Gasteiger partial charge in [0.1, 0.15) is 0 Å². The lowest BCUT2D eigenvalue weighted by Crippen LogP contribution is -2.04. The minimum atomic E-state index is -0.277. The molecule has 0 aliphatic heterocycles. The van der Waals surface area contributed by atoms with Crippen molar-refractivity contribution < 1.29 is 4.79 Å². The van der Waals surface area contributed by atoms with Crippen LogP contribution in [0.1, 0.15) is 28.4 Å². The van der Waals surface area contributed by atoms with Gasteiger partial charge >= 0.3 is 0 Å². The van der Waals surface area contributed by atoms with E-state index in [0.29, 0.717) is 5.56 Å². The number of ketones is 1. The Bertz CT molecular complexity index is 663. The first kappa shape index (κ1) is 15.7. The van der Waals surface area contributed by atoms with E-state index in [1.54, 1.807) is 12.1 Å². The van der Waals surface area contributed by atoms with Crippen molar-refractivity contribution in [3.63, 3.8) is 0 Å². The minimum Gasteiger partial charge on any atom is -0.288 e. The van der Waals surface area contributed by atoms with Crippen molar-refractivity contribution in [1.82, 2.24) is 0 Å². The van der Waals surface area contributed by atoms with Gasteiger partial charge in [0.25, 0.3) is 0 Å². The fourth-order valence-corrected chi connectivity index (χ4v) is 2.89. The molecule has 0 aliphatic carbocycles.